The van der Waals surface area contributed by atoms with Crippen LogP contribution in [0.2, 0.25) is 0 Å². The van der Waals surface area contributed by atoms with Crippen molar-refractivity contribution in [1.29, 1.82) is 0 Å². The number of nitrogens with zero attached hydrogens (tertiary/aromatic N) is 7. The van der Waals surface area contributed by atoms with Gasteiger partial charge in [0.05, 0.1) is 6.33 Å². The zero-order valence-corrected chi connectivity index (χ0v) is 9.32. The van der Waals surface area contributed by atoms with Crippen molar-refractivity contribution in [2.24, 2.45) is 10.3 Å². The second-order valence-electron chi connectivity index (χ2n) is 3.54. The lowest BCUT2D eigenvalue weighted by atomic mass is 10.4. The van der Waals surface area contributed by atoms with Crippen LogP contribution in [0.5, 0.6) is 0 Å². The van der Waals surface area contributed by atoms with Crippen LogP contribution in [0.3, 0.4) is 0 Å². The highest BCUT2D eigenvalue weighted by molar-refractivity contribution is 5.62. The molecule has 0 aliphatic carbocycles. The molecule has 9 heteroatoms. The number of nitrogens with one attached hydrogen (secondary N) is 1. The molecule has 3 rings (SSSR count). The van der Waals surface area contributed by atoms with Crippen molar-refractivity contribution < 1.29 is 4.42 Å². The number of hydrogen-bond acceptors (Lipinski definition) is 8. The average molecular weight is 234 g/mol. The summed E-state index contributed by atoms with van der Waals surface area (Å²) < 4.78 is 7.20. The van der Waals surface area contributed by atoms with E-state index in [4.69, 9.17) is 4.42 Å². The molecule has 0 bridgehead atoms. The first kappa shape index (κ1) is 9.75. The van der Waals surface area contributed by atoms with Crippen molar-refractivity contribution in [3.8, 4) is 11.6 Å². The van der Waals surface area contributed by atoms with Gasteiger partial charge in [0.25, 0.3) is 5.89 Å². The fraction of sp³-hybridized carbons (Fsp3) is 0.375. The second-order valence-corrected chi connectivity index (χ2v) is 3.54. The predicted molar refractivity (Wildman–Crippen MR) is 57.3 cm³/mol. The van der Waals surface area contributed by atoms with E-state index < -0.39 is 0 Å². The molecule has 0 unspecified atom stereocenters. The summed E-state index contributed by atoms with van der Waals surface area (Å²) in [6.45, 7) is 0.596. The maximum Gasteiger partial charge on any atom is 0.315 e. The quantitative estimate of drug-likeness (QED) is 0.828. The van der Waals surface area contributed by atoms with Crippen LogP contribution in [0, 0.1) is 0 Å². The second kappa shape index (κ2) is 3.54. The Morgan fingerprint density at radius 3 is 3.06 bits per heavy atom. The Balaban J connectivity index is 2.04. The minimum absolute atomic E-state index is 0.326. The third-order valence-electron chi connectivity index (χ3n) is 2.30. The highest BCUT2D eigenvalue weighted by Crippen LogP contribution is 2.31. The largest absolute Gasteiger partial charge is 0.402 e. The molecule has 3 heterocycles. The molecular formula is C8H10N8O. The summed E-state index contributed by atoms with van der Waals surface area (Å²) in [7, 11) is 3.53. The standard InChI is InChI=1S/C8H10N8O/c1-9-8-13-12-7(17-8)5-6-11-14-15(2)4-16(6)3-10-5/h3H,4H2,1-2H3,(H,9,13). The van der Waals surface area contributed by atoms with Crippen LogP contribution in [0.1, 0.15) is 0 Å². The molecule has 0 amide bonds. The summed E-state index contributed by atoms with van der Waals surface area (Å²) in [5, 5.41) is 20.1. The zero-order valence-electron chi connectivity index (χ0n) is 9.32. The Labute approximate surface area is 96.1 Å². The Bertz CT molecular complexity index is 570. The number of fused-ring (bicyclic) bond motifs is 1. The summed E-state index contributed by atoms with van der Waals surface area (Å²) in [5.74, 6) is 0.945. The van der Waals surface area contributed by atoms with Crippen LogP contribution in [0.25, 0.3) is 11.6 Å². The number of rotatable bonds is 2. The zero-order chi connectivity index (χ0) is 11.8. The molecule has 2 aromatic heterocycles. The maximum atomic E-state index is 5.35. The van der Waals surface area contributed by atoms with E-state index >= 15 is 0 Å². The lowest BCUT2D eigenvalue weighted by Crippen LogP contribution is -2.17. The molecule has 0 saturated carbocycles. The first-order chi connectivity index (χ1) is 8.28. The molecule has 0 spiro atoms. The molecule has 0 saturated heterocycles. The van der Waals surface area contributed by atoms with E-state index in [0.717, 1.165) is 0 Å². The number of anilines is 1. The maximum absolute atomic E-state index is 5.35. The van der Waals surface area contributed by atoms with E-state index in [1.54, 1.807) is 18.4 Å². The summed E-state index contributed by atoms with van der Waals surface area (Å²) in [5.41, 5.74) is 0.538. The molecule has 0 fully saturated rings. The van der Waals surface area contributed by atoms with Crippen molar-refractivity contribution in [2.75, 3.05) is 19.4 Å². The van der Waals surface area contributed by atoms with E-state index in [-0.39, 0.29) is 0 Å². The van der Waals surface area contributed by atoms with Crippen molar-refractivity contribution in [2.45, 2.75) is 6.67 Å². The fourth-order valence-electron chi connectivity index (χ4n) is 1.52. The minimum atomic E-state index is 0.326. The predicted octanol–water partition coefficient (Wildman–Crippen LogP) is 0.876. The first-order valence-electron chi connectivity index (χ1n) is 4.97. The van der Waals surface area contributed by atoms with Gasteiger partial charge in [0.15, 0.2) is 11.5 Å². The van der Waals surface area contributed by atoms with Gasteiger partial charge in [-0.05, 0) is 0 Å². The molecule has 1 N–H and O–H groups in total. The van der Waals surface area contributed by atoms with Gasteiger partial charge >= 0.3 is 6.01 Å². The fourth-order valence-corrected chi connectivity index (χ4v) is 1.52. The third-order valence-corrected chi connectivity index (χ3v) is 2.30. The molecule has 2 aromatic rings. The van der Waals surface area contributed by atoms with Crippen molar-refractivity contribution in [3.63, 3.8) is 0 Å². The minimum Gasteiger partial charge on any atom is -0.402 e. The molecule has 0 atom stereocenters. The Morgan fingerprint density at radius 2 is 2.29 bits per heavy atom. The van der Waals surface area contributed by atoms with Crippen LogP contribution < -0.4 is 5.32 Å². The highest BCUT2D eigenvalue weighted by atomic mass is 16.4. The van der Waals surface area contributed by atoms with E-state index in [0.29, 0.717) is 30.1 Å². The Hall–Kier alpha value is -2.45. The van der Waals surface area contributed by atoms with Gasteiger partial charge in [-0.2, -0.15) is 0 Å². The summed E-state index contributed by atoms with van der Waals surface area (Å²) in [4.78, 5) is 4.21. The van der Waals surface area contributed by atoms with Crippen LogP contribution in [0.15, 0.2) is 21.1 Å². The van der Waals surface area contributed by atoms with Gasteiger partial charge in [-0.15, -0.1) is 10.2 Å². The third kappa shape index (κ3) is 1.51. The molecule has 0 aromatic carbocycles. The summed E-state index contributed by atoms with van der Waals surface area (Å²) >= 11 is 0. The summed E-state index contributed by atoms with van der Waals surface area (Å²) in [6.07, 6.45) is 1.67. The van der Waals surface area contributed by atoms with Gasteiger partial charge in [-0.1, -0.05) is 10.3 Å². The van der Waals surface area contributed by atoms with E-state index in [1.807, 2.05) is 11.6 Å². The SMILES string of the molecule is CNc1nnc(-c2ncn3c2N=NN(C)C3)o1. The number of hydrogen-bond donors (Lipinski definition) is 1. The molecule has 0 radical (unpaired) electrons. The highest BCUT2D eigenvalue weighted by Gasteiger charge is 2.21. The lowest BCUT2D eigenvalue weighted by Gasteiger charge is -2.16. The monoisotopic (exact) mass is 234 g/mol. The smallest absolute Gasteiger partial charge is 0.315 e. The van der Waals surface area contributed by atoms with Crippen molar-refractivity contribution in [3.05, 3.63) is 6.33 Å². The van der Waals surface area contributed by atoms with Crippen molar-refractivity contribution >= 4 is 11.8 Å². The molecule has 1 aliphatic heterocycles. The van der Waals surface area contributed by atoms with Crippen molar-refractivity contribution in [1.82, 2.24) is 24.8 Å². The van der Waals surface area contributed by atoms with Gasteiger partial charge in [0.2, 0.25) is 0 Å². The summed E-state index contributed by atoms with van der Waals surface area (Å²) in [6, 6.07) is 0.339. The van der Waals surface area contributed by atoms with E-state index in [9.17, 15) is 0 Å². The van der Waals surface area contributed by atoms with E-state index in [1.165, 1.54) is 0 Å². The number of imidazole rings is 1. The Morgan fingerprint density at radius 1 is 1.41 bits per heavy atom. The topological polar surface area (TPSA) is 96.7 Å². The lowest BCUT2D eigenvalue weighted by molar-refractivity contribution is 0.248. The molecule has 88 valence electrons. The normalized spacial score (nSPS) is 13.9. The van der Waals surface area contributed by atoms with Gasteiger partial charge in [-0.3, -0.25) is 9.58 Å². The number of aromatic nitrogens is 4. The van der Waals surface area contributed by atoms with Crippen LogP contribution >= 0.6 is 0 Å². The Kier molecular flexibility index (Phi) is 2.03. The molecule has 1 aliphatic rings. The molecule has 17 heavy (non-hydrogen) atoms. The molecule has 9 nitrogen and oxygen atoms in total. The van der Waals surface area contributed by atoms with Crippen LogP contribution in [-0.4, -0.2) is 38.9 Å². The van der Waals surface area contributed by atoms with E-state index in [2.05, 4.69) is 30.8 Å². The molecular weight excluding hydrogens is 224 g/mol. The van der Waals surface area contributed by atoms with Crippen LogP contribution in [-0.2, 0) is 6.67 Å². The van der Waals surface area contributed by atoms with Gasteiger partial charge in [0.1, 0.15) is 6.67 Å². The average Bonchev–Trinajstić information content (AvgIpc) is 2.93. The van der Waals surface area contributed by atoms with Gasteiger partial charge in [0, 0.05) is 14.1 Å². The van der Waals surface area contributed by atoms with Crippen LogP contribution in [0.4, 0.5) is 11.8 Å². The van der Waals surface area contributed by atoms with Gasteiger partial charge in [-0.25, -0.2) is 4.98 Å². The van der Waals surface area contributed by atoms with Gasteiger partial charge < -0.3 is 9.73 Å². The first-order valence-corrected chi connectivity index (χ1v) is 4.97.